The summed E-state index contributed by atoms with van der Waals surface area (Å²) in [6.45, 7) is 0.676. The third-order valence-corrected chi connectivity index (χ3v) is 4.90. The highest BCUT2D eigenvalue weighted by Gasteiger charge is 2.25. The number of amides is 1. The maximum Gasteiger partial charge on any atom is 0.238 e. The Labute approximate surface area is 140 Å². The molecule has 3 N–H and O–H groups in total. The van der Waals surface area contributed by atoms with E-state index in [-0.39, 0.29) is 16.7 Å². The van der Waals surface area contributed by atoms with Gasteiger partial charge in [-0.05, 0) is 35.7 Å². The fourth-order valence-corrected chi connectivity index (χ4v) is 3.14. The van der Waals surface area contributed by atoms with Crippen molar-refractivity contribution < 1.29 is 17.9 Å². The Balaban J connectivity index is 1.58. The fourth-order valence-electron chi connectivity index (χ4n) is 2.63. The number of hydrogen-bond acceptors (Lipinski definition) is 4. The van der Waals surface area contributed by atoms with Crippen molar-refractivity contribution in [3.05, 3.63) is 59.7 Å². The van der Waals surface area contributed by atoms with Crippen LogP contribution in [0.2, 0.25) is 0 Å². The molecule has 0 aromatic heterocycles. The number of fused-ring (bicyclic) bond motifs is 1. The summed E-state index contributed by atoms with van der Waals surface area (Å²) in [5.74, 6) is 0.517. The van der Waals surface area contributed by atoms with Crippen molar-refractivity contribution in [2.24, 2.45) is 11.1 Å². The van der Waals surface area contributed by atoms with Gasteiger partial charge in [0.25, 0.3) is 0 Å². The van der Waals surface area contributed by atoms with Crippen LogP contribution in [0.3, 0.4) is 0 Å². The lowest BCUT2D eigenvalue weighted by Gasteiger charge is -2.24. The van der Waals surface area contributed by atoms with Crippen LogP contribution in [-0.2, 0) is 27.8 Å². The molecule has 0 saturated carbocycles. The molecule has 6 nitrogen and oxygen atoms in total. The van der Waals surface area contributed by atoms with Gasteiger partial charge in [0.15, 0.2) is 0 Å². The lowest BCUT2D eigenvalue weighted by molar-refractivity contribution is -0.126. The number of ether oxygens (including phenoxy) is 1. The lowest BCUT2D eigenvalue weighted by Crippen LogP contribution is -2.37. The van der Waals surface area contributed by atoms with Crippen molar-refractivity contribution in [3.63, 3.8) is 0 Å². The Morgan fingerprint density at radius 2 is 1.88 bits per heavy atom. The fraction of sp³-hybridized carbons (Fsp3) is 0.235. The quantitative estimate of drug-likeness (QED) is 0.869. The minimum atomic E-state index is -3.70. The summed E-state index contributed by atoms with van der Waals surface area (Å²) in [6.07, 6.45) is 0.645. The molecule has 126 valence electrons. The molecule has 2 aromatic rings. The monoisotopic (exact) mass is 346 g/mol. The predicted molar refractivity (Wildman–Crippen MR) is 88.8 cm³/mol. The number of rotatable bonds is 4. The van der Waals surface area contributed by atoms with E-state index < -0.39 is 10.0 Å². The van der Waals surface area contributed by atoms with Crippen LogP contribution in [0.4, 0.5) is 0 Å². The molecule has 24 heavy (non-hydrogen) atoms. The first-order valence-corrected chi connectivity index (χ1v) is 9.08. The van der Waals surface area contributed by atoms with Gasteiger partial charge < -0.3 is 10.1 Å². The predicted octanol–water partition coefficient (Wildman–Crippen LogP) is 1.20. The third-order valence-electron chi connectivity index (χ3n) is 3.97. The van der Waals surface area contributed by atoms with Crippen molar-refractivity contribution in [2.75, 3.05) is 6.61 Å². The molecule has 0 aliphatic carbocycles. The van der Waals surface area contributed by atoms with Crippen molar-refractivity contribution in [1.82, 2.24) is 5.32 Å². The number of primary sulfonamides is 1. The van der Waals surface area contributed by atoms with Gasteiger partial charge in [-0.2, -0.15) is 0 Å². The first-order valence-electron chi connectivity index (χ1n) is 7.53. The van der Waals surface area contributed by atoms with Gasteiger partial charge in [0.2, 0.25) is 15.9 Å². The van der Waals surface area contributed by atoms with Crippen LogP contribution < -0.4 is 15.2 Å². The number of para-hydroxylation sites is 1. The van der Waals surface area contributed by atoms with Crippen LogP contribution in [0.25, 0.3) is 0 Å². The topological polar surface area (TPSA) is 98.5 Å². The van der Waals surface area contributed by atoms with Gasteiger partial charge in [-0.1, -0.05) is 30.3 Å². The van der Waals surface area contributed by atoms with Gasteiger partial charge in [-0.25, -0.2) is 13.6 Å². The molecular formula is C17H18N2O4S. The van der Waals surface area contributed by atoms with E-state index in [2.05, 4.69) is 5.32 Å². The maximum absolute atomic E-state index is 12.3. The second-order valence-corrected chi connectivity index (χ2v) is 7.29. The van der Waals surface area contributed by atoms with Crippen molar-refractivity contribution in [2.45, 2.75) is 17.9 Å². The van der Waals surface area contributed by atoms with Crippen molar-refractivity contribution in [3.8, 4) is 5.75 Å². The molecule has 1 unspecified atom stereocenters. The summed E-state index contributed by atoms with van der Waals surface area (Å²) < 4.78 is 28.0. The highest BCUT2D eigenvalue weighted by molar-refractivity contribution is 7.89. The molecule has 1 atom stereocenters. The van der Waals surface area contributed by atoms with Crippen LogP contribution in [0.5, 0.6) is 5.75 Å². The van der Waals surface area contributed by atoms with Crippen LogP contribution in [-0.4, -0.2) is 20.9 Å². The number of carbonyl (C=O) groups is 1. The number of hydrogen-bond donors (Lipinski definition) is 2. The summed E-state index contributed by atoms with van der Waals surface area (Å²) in [7, 11) is -3.70. The molecule has 1 amide bonds. The first-order chi connectivity index (χ1) is 11.4. The molecule has 0 saturated heterocycles. The maximum atomic E-state index is 12.3. The molecule has 1 aliphatic heterocycles. The molecule has 0 fully saturated rings. The van der Waals surface area contributed by atoms with E-state index in [9.17, 15) is 13.2 Å². The highest BCUT2D eigenvalue weighted by atomic mass is 32.2. The van der Waals surface area contributed by atoms with Crippen molar-refractivity contribution in [1.29, 1.82) is 0 Å². The first kappa shape index (κ1) is 16.5. The van der Waals surface area contributed by atoms with E-state index in [1.54, 1.807) is 12.1 Å². The number of nitrogens with one attached hydrogen (secondary N) is 1. The number of benzene rings is 2. The van der Waals surface area contributed by atoms with E-state index in [0.717, 1.165) is 16.9 Å². The minimum Gasteiger partial charge on any atom is -0.492 e. The number of carbonyl (C=O) groups excluding carboxylic acids is 1. The lowest BCUT2D eigenvalue weighted by atomic mass is 9.96. The Morgan fingerprint density at radius 3 is 2.58 bits per heavy atom. The van der Waals surface area contributed by atoms with E-state index in [1.165, 1.54) is 12.1 Å². The van der Waals surface area contributed by atoms with E-state index in [1.807, 2.05) is 24.3 Å². The normalized spacial score (nSPS) is 16.8. The zero-order valence-electron chi connectivity index (χ0n) is 12.9. The van der Waals surface area contributed by atoms with Gasteiger partial charge in [-0.3, -0.25) is 4.79 Å². The summed E-state index contributed by atoms with van der Waals surface area (Å²) >= 11 is 0. The van der Waals surface area contributed by atoms with Gasteiger partial charge in [0, 0.05) is 6.54 Å². The molecule has 1 heterocycles. The van der Waals surface area contributed by atoms with Crippen LogP contribution >= 0.6 is 0 Å². The minimum absolute atomic E-state index is 0.0508. The Kier molecular flexibility index (Phi) is 4.55. The summed E-state index contributed by atoms with van der Waals surface area (Å²) in [5.41, 5.74) is 1.83. The second kappa shape index (κ2) is 6.62. The van der Waals surface area contributed by atoms with Crippen LogP contribution in [0, 0.1) is 5.92 Å². The van der Waals surface area contributed by atoms with E-state index in [0.29, 0.717) is 19.6 Å². The Bertz CT molecular complexity index is 847. The summed E-state index contributed by atoms with van der Waals surface area (Å²) in [4.78, 5) is 12.4. The van der Waals surface area contributed by atoms with Crippen LogP contribution in [0.1, 0.15) is 11.1 Å². The van der Waals surface area contributed by atoms with E-state index >= 15 is 0 Å². The summed E-state index contributed by atoms with van der Waals surface area (Å²) in [6, 6.07) is 13.8. The second-order valence-electron chi connectivity index (χ2n) is 5.73. The molecular weight excluding hydrogens is 328 g/mol. The summed E-state index contributed by atoms with van der Waals surface area (Å²) in [5, 5.41) is 7.91. The van der Waals surface area contributed by atoms with E-state index in [4.69, 9.17) is 9.88 Å². The van der Waals surface area contributed by atoms with Gasteiger partial charge in [-0.15, -0.1) is 0 Å². The molecule has 0 spiro atoms. The molecule has 3 rings (SSSR count). The van der Waals surface area contributed by atoms with Crippen molar-refractivity contribution >= 4 is 15.9 Å². The largest absolute Gasteiger partial charge is 0.492 e. The third kappa shape index (κ3) is 3.74. The average Bonchev–Trinajstić information content (AvgIpc) is 2.59. The zero-order chi connectivity index (χ0) is 17.2. The van der Waals surface area contributed by atoms with Gasteiger partial charge >= 0.3 is 0 Å². The van der Waals surface area contributed by atoms with Crippen LogP contribution in [0.15, 0.2) is 53.4 Å². The highest BCUT2D eigenvalue weighted by Crippen LogP contribution is 2.26. The SMILES string of the molecule is NS(=O)(=O)c1ccc(CNC(=O)C2COc3ccccc3C2)cc1. The van der Waals surface area contributed by atoms with Gasteiger partial charge in [0.05, 0.1) is 10.8 Å². The molecule has 1 aliphatic rings. The smallest absolute Gasteiger partial charge is 0.238 e. The molecule has 2 aromatic carbocycles. The number of sulfonamides is 1. The molecule has 0 bridgehead atoms. The zero-order valence-corrected chi connectivity index (χ0v) is 13.8. The Morgan fingerprint density at radius 1 is 1.17 bits per heavy atom. The average molecular weight is 346 g/mol. The number of nitrogens with two attached hydrogens (primary N) is 1. The molecule has 7 heteroatoms. The standard InChI is InChI=1S/C17H18N2O4S/c18-24(21,22)15-7-5-12(6-8-15)10-19-17(20)14-9-13-3-1-2-4-16(13)23-11-14/h1-8,14H,9-11H2,(H,19,20)(H2,18,21,22). The Hall–Kier alpha value is -2.38. The van der Waals surface area contributed by atoms with Gasteiger partial charge in [0.1, 0.15) is 12.4 Å². The molecule has 0 radical (unpaired) electrons.